The highest BCUT2D eigenvalue weighted by Crippen LogP contribution is 2.24. The summed E-state index contributed by atoms with van der Waals surface area (Å²) in [6, 6.07) is 23.7. The molecule has 1 N–H and O–H groups in total. The highest BCUT2D eigenvalue weighted by atomic mass is 35.5. The fourth-order valence-corrected chi connectivity index (χ4v) is 4.11. The summed E-state index contributed by atoms with van der Waals surface area (Å²) in [5.74, 6) is -0.340. The van der Waals surface area contributed by atoms with Crippen molar-refractivity contribution in [2.75, 3.05) is 0 Å². The van der Waals surface area contributed by atoms with Crippen molar-refractivity contribution in [1.82, 2.24) is 10.2 Å². The van der Waals surface area contributed by atoms with Crippen molar-refractivity contribution in [1.29, 1.82) is 0 Å². The lowest BCUT2D eigenvalue weighted by molar-refractivity contribution is -0.141. The molecular formula is C27H28Cl2N2O2. The van der Waals surface area contributed by atoms with E-state index in [0.29, 0.717) is 16.5 Å². The molecule has 33 heavy (non-hydrogen) atoms. The molecule has 0 unspecified atom stereocenters. The van der Waals surface area contributed by atoms with E-state index < -0.39 is 6.04 Å². The molecule has 0 radical (unpaired) electrons. The van der Waals surface area contributed by atoms with Crippen LogP contribution in [0.2, 0.25) is 10.0 Å². The molecule has 1 atom stereocenters. The van der Waals surface area contributed by atoms with E-state index in [2.05, 4.69) is 5.32 Å². The first-order valence-corrected chi connectivity index (χ1v) is 11.7. The predicted octanol–water partition coefficient (Wildman–Crippen LogP) is 5.70. The van der Waals surface area contributed by atoms with Crippen LogP contribution >= 0.6 is 23.2 Å². The highest BCUT2D eigenvalue weighted by molar-refractivity contribution is 6.35. The molecule has 4 nitrogen and oxygen atoms in total. The Labute approximate surface area is 205 Å². The number of benzene rings is 3. The molecule has 0 aliphatic rings. The van der Waals surface area contributed by atoms with E-state index in [4.69, 9.17) is 23.2 Å². The Hall–Kier alpha value is -2.82. The van der Waals surface area contributed by atoms with E-state index in [1.54, 1.807) is 23.1 Å². The smallest absolute Gasteiger partial charge is 0.243 e. The summed E-state index contributed by atoms with van der Waals surface area (Å²) >= 11 is 12.5. The zero-order valence-electron chi connectivity index (χ0n) is 18.8. The number of amides is 2. The Balaban J connectivity index is 1.98. The van der Waals surface area contributed by atoms with Crippen LogP contribution in [0.1, 0.15) is 30.5 Å². The molecule has 6 heteroatoms. The molecule has 3 aromatic rings. The number of halogens is 2. The molecule has 0 aliphatic carbocycles. The number of carbonyl (C=O) groups excluding carboxylic acids is 2. The maximum absolute atomic E-state index is 13.6. The fourth-order valence-electron chi connectivity index (χ4n) is 3.64. The Bertz CT molecular complexity index is 1070. The van der Waals surface area contributed by atoms with Crippen molar-refractivity contribution in [3.05, 3.63) is 106 Å². The number of hydrogen-bond donors (Lipinski definition) is 1. The van der Waals surface area contributed by atoms with Crippen LogP contribution in [0.3, 0.4) is 0 Å². The maximum Gasteiger partial charge on any atom is 0.243 e. The first kappa shape index (κ1) is 24.8. The van der Waals surface area contributed by atoms with Crippen molar-refractivity contribution in [3.8, 4) is 0 Å². The zero-order chi connectivity index (χ0) is 23.8. The summed E-state index contributed by atoms with van der Waals surface area (Å²) < 4.78 is 0. The van der Waals surface area contributed by atoms with Gasteiger partial charge in [0.15, 0.2) is 0 Å². The van der Waals surface area contributed by atoms with Crippen LogP contribution in [0.5, 0.6) is 0 Å². The number of nitrogens with one attached hydrogen (secondary N) is 1. The van der Waals surface area contributed by atoms with Crippen molar-refractivity contribution >= 4 is 35.0 Å². The monoisotopic (exact) mass is 482 g/mol. The molecule has 172 valence electrons. The molecule has 0 fully saturated rings. The van der Waals surface area contributed by atoms with Crippen molar-refractivity contribution in [3.63, 3.8) is 0 Å². The number of rotatable bonds is 9. The average molecular weight is 483 g/mol. The second kappa shape index (κ2) is 11.9. The van der Waals surface area contributed by atoms with Gasteiger partial charge in [-0.25, -0.2) is 0 Å². The molecule has 0 heterocycles. The van der Waals surface area contributed by atoms with E-state index >= 15 is 0 Å². The Kier molecular flexibility index (Phi) is 8.93. The van der Waals surface area contributed by atoms with Gasteiger partial charge in [-0.1, -0.05) is 89.9 Å². The first-order chi connectivity index (χ1) is 15.8. The largest absolute Gasteiger partial charge is 0.352 e. The molecule has 0 bridgehead atoms. The molecule has 0 spiro atoms. The van der Waals surface area contributed by atoms with Gasteiger partial charge >= 0.3 is 0 Å². The van der Waals surface area contributed by atoms with E-state index in [0.717, 1.165) is 16.7 Å². The van der Waals surface area contributed by atoms with Crippen LogP contribution in [0.15, 0.2) is 78.9 Å². The van der Waals surface area contributed by atoms with Crippen molar-refractivity contribution in [2.45, 2.75) is 45.3 Å². The third-order valence-electron chi connectivity index (χ3n) is 5.26. The van der Waals surface area contributed by atoms with Crippen molar-refractivity contribution in [2.24, 2.45) is 0 Å². The lowest BCUT2D eigenvalue weighted by Crippen LogP contribution is -2.52. The summed E-state index contributed by atoms with van der Waals surface area (Å²) in [5, 5.41) is 3.96. The van der Waals surface area contributed by atoms with Crippen LogP contribution in [-0.2, 0) is 29.0 Å². The second-order valence-electron chi connectivity index (χ2n) is 8.29. The van der Waals surface area contributed by atoms with Crippen LogP contribution in [-0.4, -0.2) is 28.8 Å². The lowest BCUT2D eigenvalue weighted by Gasteiger charge is -2.32. The van der Waals surface area contributed by atoms with Crippen LogP contribution in [0, 0.1) is 0 Å². The molecule has 0 aromatic heterocycles. The molecule has 0 saturated heterocycles. The fraction of sp³-hybridized carbons (Fsp3) is 0.259. The predicted molar refractivity (Wildman–Crippen MR) is 134 cm³/mol. The quantitative estimate of drug-likeness (QED) is 0.425. The summed E-state index contributed by atoms with van der Waals surface area (Å²) in [5.41, 5.74) is 2.59. The summed E-state index contributed by atoms with van der Waals surface area (Å²) in [6.07, 6.45) is 0.581. The third kappa shape index (κ3) is 7.34. The van der Waals surface area contributed by atoms with Crippen LogP contribution in [0.4, 0.5) is 0 Å². The van der Waals surface area contributed by atoms with Gasteiger partial charge in [0.25, 0.3) is 0 Å². The van der Waals surface area contributed by atoms with Gasteiger partial charge in [0.05, 0.1) is 6.42 Å². The highest BCUT2D eigenvalue weighted by Gasteiger charge is 2.31. The van der Waals surface area contributed by atoms with Crippen LogP contribution < -0.4 is 5.32 Å². The Morgan fingerprint density at radius 3 is 2.06 bits per heavy atom. The molecule has 0 aliphatic heterocycles. The molecule has 3 aromatic carbocycles. The minimum absolute atomic E-state index is 0.0547. The summed E-state index contributed by atoms with van der Waals surface area (Å²) in [4.78, 5) is 28.6. The number of nitrogens with zero attached hydrogens (tertiary/aromatic N) is 1. The minimum Gasteiger partial charge on any atom is -0.352 e. The lowest BCUT2D eigenvalue weighted by atomic mass is 10.0. The van der Waals surface area contributed by atoms with Crippen LogP contribution in [0.25, 0.3) is 0 Å². The number of carbonyl (C=O) groups is 2. The van der Waals surface area contributed by atoms with Gasteiger partial charge in [-0.3, -0.25) is 9.59 Å². The topological polar surface area (TPSA) is 49.4 Å². The van der Waals surface area contributed by atoms with Gasteiger partial charge in [-0.15, -0.1) is 0 Å². The first-order valence-electron chi connectivity index (χ1n) is 10.9. The van der Waals surface area contributed by atoms with E-state index in [-0.39, 0.29) is 30.8 Å². The normalized spacial score (nSPS) is 11.8. The Morgan fingerprint density at radius 2 is 1.48 bits per heavy atom. The SMILES string of the molecule is CC(C)NC(=O)[C@@H](Cc1ccccc1)N(Cc1ccc(Cl)cc1Cl)C(=O)Cc1ccccc1. The second-order valence-corrected chi connectivity index (χ2v) is 9.13. The summed E-state index contributed by atoms with van der Waals surface area (Å²) in [6.45, 7) is 4.01. The number of hydrogen-bond acceptors (Lipinski definition) is 2. The van der Waals surface area contributed by atoms with Gasteiger partial charge in [-0.05, 0) is 42.7 Å². The van der Waals surface area contributed by atoms with Gasteiger partial charge in [0.1, 0.15) is 6.04 Å². The molecule has 0 saturated carbocycles. The van der Waals surface area contributed by atoms with Gasteiger partial charge in [0, 0.05) is 29.1 Å². The minimum atomic E-state index is -0.697. The third-order valence-corrected chi connectivity index (χ3v) is 5.84. The molecule has 2 amide bonds. The standard InChI is InChI=1S/C27H28Cl2N2O2/c1-19(2)30-27(33)25(15-20-9-5-3-6-10-20)31(18-22-13-14-23(28)17-24(22)29)26(32)16-21-11-7-4-8-12-21/h3-14,17,19,25H,15-16,18H2,1-2H3,(H,30,33)/t25-/m1/s1. The van der Waals surface area contributed by atoms with Gasteiger partial charge in [0.2, 0.25) is 11.8 Å². The van der Waals surface area contributed by atoms with E-state index in [1.807, 2.05) is 74.5 Å². The molecule has 3 rings (SSSR count). The van der Waals surface area contributed by atoms with Crippen molar-refractivity contribution < 1.29 is 9.59 Å². The van der Waals surface area contributed by atoms with E-state index in [9.17, 15) is 9.59 Å². The van der Waals surface area contributed by atoms with Gasteiger partial charge < -0.3 is 10.2 Å². The average Bonchev–Trinajstić information content (AvgIpc) is 2.78. The Morgan fingerprint density at radius 1 is 0.879 bits per heavy atom. The summed E-state index contributed by atoms with van der Waals surface area (Å²) in [7, 11) is 0. The van der Waals surface area contributed by atoms with E-state index in [1.165, 1.54) is 0 Å². The van der Waals surface area contributed by atoms with Gasteiger partial charge in [-0.2, -0.15) is 0 Å². The zero-order valence-corrected chi connectivity index (χ0v) is 20.3. The maximum atomic E-state index is 13.6. The molecular weight excluding hydrogens is 455 g/mol.